The highest BCUT2D eigenvalue weighted by atomic mass is 16.5. The Morgan fingerprint density at radius 2 is 2.04 bits per heavy atom. The topological polar surface area (TPSA) is 90.4 Å². The summed E-state index contributed by atoms with van der Waals surface area (Å²) in [7, 11) is 0. The number of nitrogen functional groups attached to an aromatic ring is 1. The highest BCUT2D eigenvalue weighted by Gasteiger charge is 2.21. The van der Waals surface area contributed by atoms with Crippen molar-refractivity contribution >= 4 is 22.6 Å². The molecule has 0 fully saturated rings. The quantitative estimate of drug-likeness (QED) is 0.752. The monoisotopic (exact) mass is 325 g/mol. The van der Waals surface area contributed by atoms with Gasteiger partial charge in [-0.15, -0.1) is 5.10 Å². The fraction of sp³-hybridized carbons (Fsp3) is 0.222. The van der Waals surface area contributed by atoms with Gasteiger partial charge >= 0.3 is 0 Å². The Labute approximate surface area is 139 Å². The lowest BCUT2D eigenvalue weighted by atomic mass is 10.1. The van der Waals surface area contributed by atoms with Gasteiger partial charge in [-0.25, -0.2) is 0 Å². The number of aliphatic hydroxyl groups excluding tert-OH is 1. The van der Waals surface area contributed by atoms with Gasteiger partial charge in [0, 0.05) is 5.39 Å². The second-order valence-electron chi connectivity index (χ2n) is 5.67. The maximum Gasteiger partial charge on any atom is 0.253 e. The summed E-state index contributed by atoms with van der Waals surface area (Å²) in [5.41, 5.74) is 7.19. The SMILES string of the molecule is CC(COc1ccccc1)C(=O)n1nc(N)c2ccc(CO)cc21. The molecule has 0 amide bonds. The Balaban J connectivity index is 1.82. The van der Waals surface area contributed by atoms with Crippen LogP contribution in [0.4, 0.5) is 5.82 Å². The second-order valence-corrected chi connectivity index (χ2v) is 5.67. The van der Waals surface area contributed by atoms with Crippen LogP contribution in [0.5, 0.6) is 5.75 Å². The van der Waals surface area contributed by atoms with Crippen LogP contribution in [0.3, 0.4) is 0 Å². The first kappa shape index (κ1) is 16.0. The van der Waals surface area contributed by atoms with Crippen LogP contribution in [-0.4, -0.2) is 27.4 Å². The van der Waals surface area contributed by atoms with Crippen molar-refractivity contribution in [2.24, 2.45) is 5.92 Å². The predicted molar refractivity (Wildman–Crippen MR) is 91.8 cm³/mol. The molecule has 0 radical (unpaired) electrons. The lowest BCUT2D eigenvalue weighted by molar-refractivity contribution is 0.0791. The van der Waals surface area contributed by atoms with E-state index in [-0.39, 0.29) is 19.1 Å². The molecule has 24 heavy (non-hydrogen) atoms. The summed E-state index contributed by atoms with van der Waals surface area (Å²) >= 11 is 0. The van der Waals surface area contributed by atoms with E-state index in [1.807, 2.05) is 30.3 Å². The molecule has 1 atom stereocenters. The van der Waals surface area contributed by atoms with Crippen LogP contribution < -0.4 is 10.5 Å². The lowest BCUT2D eigenvalue weighted by Gasteiger charge is -2.12. The number of anilines is 1. The van der Waals surface area contributed by atoms with Crippen LogP contribution in [0, 0.1) is 5.92 Å². The number of benzene rings is 2. The third-order valence-electron chi connectivity index (χ3n) is 3.83. The van der Waals surface area contributed by atoms with E-state index in [9.17, 15) is 9.90 Å². The van der Waals surface area contributed by atoms with Gasteiger partial charge in [0.25, 0.3) is 5.91 Å². The number of rotatable bonds is 5. The summed E-state index contributed by atoms with van der Waals surface area (Å²) < 4.78 is 6.94. The highest BCUT2D eigenvalue weighted by Crippen LogP contribution is 2.23. The predicted octanol–water partition coefficient (Wildman–Crippen LogP) is 2.47. The zero-order chi connectivity index (χ0) is 17.1. The lowest BCUT2D eigenvalue weighted by Crippen LogP contribution is -2.25. The molecule has 0 saturated carbocycles. The van der Waals surface area contributed by atoms with Gasteiger partial charge in [0.15, 0.2) is 5.82 Å². The maximum atomic E-state index is 12.7. The van der Waals surface area contributed by atoms with E-state index in [2.05, 4.69) is 5.10 Å². The number of para-hydroxylation sites is 1. The number of nitrogens with two attached hydrogens (primary N) is 1. The molecule has 6 heteroatoms. The average Bonchev–Trinajstić information content (AvgIpc) is 2.96. The Morgan fingerprint density at radius 3 is 2.75 bits per heavy atom. The number of carbonyl (C=O) groups excluding carboxylic acids is 1. The number of hydrogen-bond acceptors (Lipinski definition) is 5. The van der Waals surface area contributed by atoms with Crippen molar-refractivity contribution in [3.63, 3.8) is 0 Å². The summed E-state index contributed by atoms with van der Waals surface area (Å²) in [5, 5.41) is 14.1. The minimum Gasteiger partial charge on any atom is -0.493 e. The van der Waals surface area contributed by atoms with E-state index in [0.29, 0.717) is 28.0 Å². The van der Waals surface area contributed by atoms with Crippen molar-refractivity contribution in [2.45, 2.75) is 13.5 Å². The number of hydrogen-bond donors (Lipinski definition) is 2. The fourth-order valence-electron chi connectivity index (χ4n) is 2.47. The Kier molecular flexibility index (Phi) is 4.48. The molecular weight excluding hydrogens is 306 g/mol. The summed E-state index contributed by atoms with van der Waals surface area (Å²) in [6.07, 6.45) is 0. The normalized spacial score (nSPS) is 12.2. The summed E-state index contributed by atoms with van der Waals surface area (Å²) in [4.78, 5) is 12.7. The molecule has 6 nitrogen and oxygen atoms in total. The van der Waals surface area contributed by atoms with E-state index in [4.69, 9.17) is 10.5 Å². The third kappa shape index (κ3) is 3.09. The smallest absolute Gasteiger partial charge is 0.253 e. The van der Waals surface area contributed by atoms with Gasteiger partial charge < -0.3 is 15.6 Å². The number of nitrogens with zero attached hydrogens (tertiary/aromatic N) is 2. The molecular formula is C18H19N3O3. The van der Waals surface area contributed by atoms with Crippen LogP contribution in [0.15, 0.2) is 48.5 Å². The Morgan fingerprint density at radius 1 is 1.29 bits per heavy atom. The second kappa shape index (κ2) is 6.72. The van der Waals surface area contributed by atoms with Crippen LogP contribution in [0.1, 0.15) is 17.3 Å². The van der Waals surface area contributed by atoms with Crippen molar-refractivity contribution in [1.29, 1.82) is 0 Å². The molecule has 0 aliphatic rings. The van der Waals surface area contributed by atoms with Gasteiger partial charge in [-0.1, -0.05) is 31.2 Å². The van der Waals surface area contributed by atoms with E-state index in [1.165, 1.54) is 4.68 Å². The molecule has 0 aliphatic heterocycles. The van der Waals surface area contributed by atoms with Gasteiger partial charge in [0.2, 0.25) is 0 Å². The van der Waals surface area contributed by atoms with Crippen molar-refractivity contribution in [2.75, 3.05) is 12.3 Å². The zero-order valence-electron chi connectivity index (χ0n) is 13.3. The molecule has 124 valence electrons. The molecule has 0 bridgehead atoms. The van der Waals surface area contributed by atoms with Crippen molar-refractivity contribution in [3.05, 3.63) is 54.1 Å². The molecule has 0 aliphatic carbocycles. The van der Waals surface area contributed by atoms with Crippen molar-refractivity contribution < 1.29 is 14.6 Å². The first-order valence-electron chi connectivity index (χ1n) is 7.70. The molecule has 3 rings (SSSR count). The van der Waals surface area contributed by atoms with Crippen molar-refractivity contribution in [3.8, 4) is 5.75 Å². The van der Waals surface area contributed by atoms with E-state index >= 15 is 0 Å². The third-order valence-corrected chi connectivity index (χ3v) is 3.83. The summed E-state index contributed by atoms with van der Waals surface area (Å²) in [6.45, 7) is 1.91. The molecule has 2 aromatic carbocycles. The first-order chi connectivity index (χ1) is 11.6. The molecule has 1 aromatic heterocycles. The number of fused-ring (bicyclic) bond motifs is 1. The van der Waals surface area contributed by atoms with Gasteiger partial charge in [-0.05, 0) is 29.8 Å². The fourth-order valence-corrected chi connectivity index (χ4v) is 2.47. The van der Waals surface area contributed by atoms with Gasteiger partial charge in [-0.3, -0.25) is 4.79 Å². The van der Waals surface area contributed by atoms with Gasteiger partial charge in [0.05, 0.1) is 24.6 Å². The van der Waals surface area contributed by atoms with E-state index < -0.39 is 5.92 Å². The molecule has 1 heterocycles. The summed E-state index contributed by atoms with van der Waals surface area (Å²) in [5.74, 6) is 0.400. The molecule has 1 unspecified atom stereocenters. The summed E-state index contributed by atoms with van der Waals surface area (Å²) in [6, 6.07) is 14.6. The Bertz CT molecular complexity index is 859. The number of aliphatic hydroxyl groups is 1. The van der Waals surface area contributed by atoms with Crippen LogP contribution >= 0.6 is 0 Å². The van der Waals surface area contributed by atoms with Gasteiger partial charge in [-0.2, -0.15) is 4.68 Å². The number of aromatic nitrogens is 2. The van der Waals surface area contributed by atoms with Crippen LogP contribution in [-0.2, 0) is 6.61 Å². The number of ether oxygens (including phenoxy) is 1. The maximum absolute atomic E-state index is 12.7. The first-order valence-corrected chi connectivity index (χ1v) is 7.70. The Hall–Kier alpha value is -2.86. The molecule has 3 N–H and O–H groups in total. The highest BCUT2D eigenvalue weighted by molar-refractivity contribution is 5.97. The van der Waals surface area contributed by atoms with E-state index in [0.717, 1.165) is 0 Å². The minimum atomic E-state index is -0.398. The molecule has 0 spiro atoms. The standard InChI is InChI=1S/C18H19N3O3/c1-12(11-24-14-5-3-2-4-6-14)18(23)21-16-9-13(10-22)7-8-15(16)17(19)20-21/h2-9,12,22H,10-11H2,1H3,(H2,19,20). The minimum absolute atomic E-state index is 0.109. The van der Waals surface area contributed by atoms with E-state index in [1.54, 1.807) is 25.1 Å². The largest absolute Gasteiger partial charge is 0.493 e. The zero-order valence-corrected chi connectivity index (χ0v) is 13.3. The van der Waals surface area contributed by atoms with Gasteiger partial charge in [0.1, 0.15) is 5.75 Å². The average molecular weight is 325 g/mol. The van der Waals surface area contributed by atoms with Crippen LogP contribution in [0.25, 0.3) is 10.9 Å². The molecule has 0 saturated heterocycles. The number of carbonyl (C=O) groups is 1. The van der Waals surface area contributed by atoms with Crippen molar-refractivity contribution in [1.82, 2.24) is 9.78 Å². The molecule has 3 aromatic rings. The van der Waals surface area contributed by atoms with Crippen LogP contribution in [0.2, 0.25) is 0 Å².